The molecule has 1 amide bonds. The van der Waals surface area contributed by atoms with E-state index in [1.807, 2.05) is 20.8 Å². The van der Waals surface area contributed by atoms with Gasteiger partial charge in [-0.05, 0) is 46.6 Å². The second-order valence-electron chi connectivity index (χ2n) is 7.47. The first-order chi connectivity index (χ1) is 11.8. The van der Waals surface area contributed by atoms with Gasteiger partial charge in [-0.3, -0.25) is 0 Å². The summed E-state index contributed by atoms with van der Waals surface area (Å²) >= 11 is 1.71. The Morgan fingerprint density at radius 2 is 1.92 bits per heavy atom. The third-order valence-electron chi connectivity index (χ3n) is 4.39. The average molecular weight is 362 g/mol. The quantitative estimate of drug-likeness (QED) is 0.773. The van der Waals surface area contributed by atoms with Crippen molar-refractivity contribution in [3.63, 3.8) is 0 Å². The zero-order valence-corrected chi connectivity index (χ0v) is 16.4. The van der Waals surface area contributed by atoms with Crippen LogP contribution < -0.4 is 4.90 Å². The topological polar surface area (TPSA) is 58.6 Å². The second kappa shape index (κ2) is 6.78. The molecule has 1 fully saturated rings. The molecule has 6 nitrogen and oxygen atoms in total. The number of amides is 1. The van der Waals surface area contributed by atoms with Crippen molar-refractivity contribution in [2.75, 3.05) is 31.1 Å². The molecule has 0 saturated carbocycles. The van der Waals surface area contributed by atoms with Crippen LogP contribution in [0.3, 0.4) is 0 Å². The standard InChI is InChI=1S/C18H26N4O2S/c1-12-13(2)25-16-14(12)15(19-11-20-16)21-7-6-8-22(10-9-21)17(23)24-18(3,4)5/h11H,6-10H2,1-5H3. The van der Waals surface area contributed by atoms with Gasteiger partial charge < -0.3 is 14.5 Å². The van der Waals surface area contributed by atoms with Crippen LogP contribution in [0.2, 0.25) is 0 Å². The fourth-order valence-corrected chi connectivity index (χ4v) is 4.03. The van der Waals surface area contributed by atoms with Gasteiger partial charge >= 0.3 is 6.09 Å². The molecule has 0 unspecified atom stereocenters. The van der Waals surface area contributed by atoms with Gasteiger partial charge in [0, 0.05) is 31.1 Å². The maximum Gasteiger partial charge on any atom is 0.410 e. The highest BCUT2D eigenvalue weighted by molar-refractivity contribution is 7.18. The van der Waals surface area contributed by atoms with E-state index in [0.717, 1.165) is 35.5 Å². The molecule has 2 aromatic heterocycles. The van der Waals surface area contributed by atoms with Crippen molar-refractivity contribution < 1.29 is 9.53 Å². The maximum atomic E-state index is 12.3. The Balaban J connectivity index is 1.79. The third-order valence-corrected chi connectivity index (χ3v) is 5.51. The molecular weight excluding hydrogens is 336 g/mol. The van der Waals surface area contributed by atoms with Crippen molar-refractivity contribution in [3.05, 3.63) is 16.8 Å². The van der Waals surface area contributed by atoms with E-state index in [0.29, 0.717) is 13.1 Å². The maximum absolute atomic E-state index is 12.3. The first-order valence-corrected chi connectivity index (χ1v) is 9.51. The van der Waals surface area contributed by atoms with Gasteiger partial charge in [0.25, 0.3) is 0 Å². The molecule has 25 heavy (non-hydrogen) atoms. The second-order valence-corrected chi connectivity index (χ2v) is 8.67. The number of hydrogen-bond acceptors (Lipinski definition) is 6. The van der Waals surface area contributed by atoms with Crippen molar-refractivity contribution in [2.24, 2.45) is 0 Å². The Morgan fingerprint density at radius 3 is 2.64 bits per heavy atom. The van der Waals surface area contributed by atoms with Crippen molar-refractivity contribution in [3.8, 4) is 0 Å². The minimum atomic E-state index is -0.465. The van der Waals surface area contributed by atoms with Crippen LogP contribution in [0.25, 0.3) is 10.2 Å². The van der Waals surface area contributed by atoms with Crippen LogP contribution in [0, 0.1) is 13.8 Å². The molecule has 1 saturated heterocycles. The number of rotatable bonds is 1. The largest absolute Gasteiger partial charge is 0.444 e. The Morgan fingerprint density at radius 1 is 1.16 bits per heavy atom. The molecule has 7 heteroatoms. The summed E-state index contributed by atoms with van der Waals surface area (Å²) in [5.74, 6) is 0.984. The number of fused-ring (bicyclic) bond motifs is 1. The van der Waals surface area contributed by atoms with Gasteiger partial charge in [-0.1, -0.05) is 0 Å². The molecule has 136 valence electrons. The number of ether oxygens (including phenoxy) is 1. The van der Waals surface area contributed by atoms with E-state index in [4.69, 9.17) is 4.74 Å². The van der Waals surface area contributed by atoms with Crippen molar-refractivity contribution in [1.82, 2.24) is 14.9 Å². The van der Waals surface area contributed by atoms with E-state index in [1.165, 1.54) is 10.4 Å². The van der Waals surface area contributed by atoms with Crippen LogP contribution in [-0.4, -0.2) is 52.7 Å². The van der Waals surface area contributed by atoms with E-state index in [2.05, 4.69) is 28.7 Å². The molecule has 1 aliphatic rings. The Labute approximate surface area is 152 Å². The van der Waals surface area contributed by atoms with Crippen LogP contribution >= 0.6 is 11.3 Å². The number of carbonyl (C=O) groups excluding carboxylic acids is 1. The molecule has 0 atom stereocenters. The first-order valence-electron chi connectivity index (χ1n) is 8.70. The van der Waals surface area contributed by atoms with E-state index in [-0.39, 0.29) is 6.09 Å². The Bertz CT molecular complexity index is 781. The lowest BCUT2D eigenvalue weighted by atomic mass is 10.2. The number of nitrogens with zero attached hydrogens (tertiary/aromatic N) is 4. The molecular formula is C18H26N4O2S. The molecule has 2 aromatic rings. The van der Waals surface area contributed by atoms with Crippen molar-refractivity contribution in [2.45, 2.75) is 46.6 Å². The van der Waals surface area contributed by atoms with Crippen LogP contribution in [0.5, 0.6) is 0 Å². The summed E-state index contributed by atoms with van der Waals surface area (Å²) < 4.78 is 5.51. The minimum absolute atomic E-state index is 0.232. The minimum Gasteiger partial charge on any atom is -0.444 e. The van der Waals surface area contributed by atoms with E-state index in [1.54, 1.807) is 22.6 Å². The highest BCUT2D eigenvalue weighted by Crippen LogP contribution is 2.34. The molecule has 3 heterocycles. The number of carbonyl (C=O) groups is 1. The SMILES string of the molecule is Cc1sc2ncnc(N3CCCN(C(=O)OC(C)(C)C)CC3)c2c1C. The molecule has 0 spiro atoms. The van der Waals surface area contributed by atoms with Gasteiger partial charge in [-0.15, -0.1) is 11.3 Å². The molecule has 1 aliphatic heterocycles. The van der Waals surface area contributed by atoms with Crippen LogP contribution in [0.15, 0.2) is 6.33 Å². The summed E-state index contributed by atoms with van der Waals surface area (Å²) in [6.45, 7) is 12.9. The zero-order chi connectivity index (χ0) is 18.2. The molecule has 0 aliphatic carbocycles. The fraction of sp³-hybridized carbons (Fsp3) is 0.611. The molecule has 0 N–H and O–H groups in total. The number of anilines is 1. The summed E-state index contributed by atoms with van der Waals surface area (Å²) in [6.07, 6.45) is 2.31. The predicted molar refractivity (Wildman–Crippen MR) is 102 cm³/mol. The summed E-state index contributed by atoms with van der Waals surface area (Å²) in [5, 5.41) is 1.15. The van der Waals surface area contributed by atoms with E-state index >= 15 is 0 Å². The normalized spacial score (nSPS) is 16.2. The van der Waals surface area contributed by atoms with Gasteiger partial charge in [-0.25, -0.2) is 14.8 Å². The van der Waals surface area contributed by atoms with Crippen LogP contribution in [0.1, 0.15) is 37.6 Å². The van der Waals surface area contributed by atoms with Gasteiger partial charge in [0.05, 0.1) is 5.39 Å². The highest BCUT2D eigenvalue weighted by Gasteiger charge is 2.26. The first kappa shape index (κ1) is 17.9. The number of thiophene rings is 1. The smallest absolute Gasteiger partial charge is 0.410 e. The summed E-state index contributed by atoms with van der Waals surface area (Å²) in [7, 11) is 0. The summed E-state index contributed by atoms with van der Waals surface area (Å²) in [4.78, 5) is 27.7. The lowest BCUT2D eigenvalue weighted by Gasteiger charge is -2.26. The number of aryl methyl sites for hydroxylation is 2. The monoisotopic (exact) mass is 362 g/mol. The highest BCUT2D eigenvalue weighted by atomic mass is 32.1. The van der Waals surface area contributed by atoms with Gasteiger partial charge in [-0.2, -0.15) is 0 Å². The molecule has 0 bridgehead atoms. The van der Waals surface area contributed by atoms with Gasteiger partial charge in [0.2, 0.25) is 0 Å². The lowest BCUT2D eigenvalue weighted by Crippen LogP contribution is -2.39. The third kappa shape index (κ3) is 3.86. The van der Waals surface area contributed by atoms with Crippen molar-refractivity contribution in [1.29, 1.82) is 0 Å². The van der Waals surface area contributed by atoms with Gasteiger partial charge in [0.15, 0.2) is 0 Å². The van der Waals surface area contributed by atoms with E-state index < -0.39 is 5.60 Å². The van der Waals surface area contributed by atoms with Crippen LogP contribution in [0.4, 0.5) is 10.6 Å². The van der Waals surface area contributed by atoms with E-state index in [9.17, 15) is 4.79 Å². The van der Waals surface area contributed by atoms with Crippen molar-refractivity contribution >= 4 is 33.5 Å². The fourth-order valence-electron chi connectivity index (χ4n) is 3.04. The Kier molecular flexibility index (Phi) is 4.86. The van der Waals surface area contributed by atoms with Crippen LogP contribution in [-0.2, 0) is 4.74 Å². The lowest BCUT2D eigenvalue weighted by molar-refractivity contribution is 0.0263. The summed E-state index contributed by atoms with van der Waals surface area (Å²) in [6, 6.07) is 0. The Hall–Kier alpha value is -1.89. The predicted octanol–water partition coefficient (Wildman–Crippen LogP) is 3.76. The number of hydrogen-bond donors (Lipinski definition) is 0. The summed E-state index contributed by atoms with van der Waals surface area (Å²) in [5.41, 5.74) is 0.788. The average Bonchev–Trinajstić information content (AvgIpc) is 2.72. The molecule has 3 rings (SSSR count). The zero-order valence-electron chi connectivity index (χ0n) is 15.6. The number of aromatic nitrogens is 2. The molecule has 0 aromatic carbocycles. The van der Waals surface area contributed by atoms with Gasteiger partial charge in [0.1, 0.15) is 22.6 Å². The molecule has 0 radical (unpaired) electrons.